The zero-order valence-corrected chi connectivity index (χ0v) is 14.8. The van der Waals surface area contributed by atoms with Gasteiger partial charge in [0.2, 0.25) is 5.91 Å². The molecular weight excluding hydrogens is 332 g/mol. The summed E-state index contributed by atoms with van der Waals surface area (Å²) in [5, 5.41) is 0. The normalized spacial score (nSPS) is 10.1. The second-order valence-corrected chi connectivity index (χ2v) is 5.64. The van der Waals surface area contributed by atoms with Gasteiger partial charge in [-0.25, -0.2) is 9.79 Å². The van der Waals surface area contributed by atoms with Crippen molar-refractivity contribution >= 4 is 29.2 Å². The van der Waals surface area contributed by atoms with Crippen LogP contribution in [0.5, 0.6) is 5.75 Å². The minimum atomic E-state index is -0.494. The fourth-order valence-electron chi connectivity index (χ4n) is 2.37. The second-order valence-electron chi connectivity index (χ2n) is 5.64. The molecule has 1 amide bonds. The lowest BCUT2D eigenvalue weighted by Gasteiger charge is -2.20. The summed E-state index contributed by atoms with van der Waals surface area (Å²) in [7, 11) is 0. The highest BCUT2D eigenvalue weighted by molar-refractivity contribution is 5.92. The van der Waals surface area contributed by atoms with E-state index < -0.39 is 5.97 Å². The van der Waals surface area contributed by atoms with Crippen molar-refractivity contribution in [2.24, 2.45) is 16.5 Å². The van der Waals surface area contributed by atoms with Gasteiger partial charge in [0.15, 0.2) is 5.96 Å². The third-order valence-electron chi connectivity index (χ3n) is 3.55. The monoisotopic (exact) mass is 354 g/mol. The lowest BCUT2D eigenvalue weighted by molar-refractivity contribution is -0.116. The third-order valence-corrected chi connectivity index (χ3v) is 3.55. The molecule has 0 radical (unpaired) electrons. The number of nitrogens with zero attached hydrogens (tertiary/aromatic N) is 2. The minimum absolute atomic E-state index is 0.0301. The Morgan fingerprint density at radius 1 is 1.04 bits per heavy atom. The highest BCUT2D eigenvalue weighted by Gasteiger charge is 2.12. The second kappa shape index (κ2) is 8.66. The Labute approximate surface area is 152 Å². The van der Waals surface area contributed by atoms with E-state index in [2.05, 4.69) is 4.99 Å². The zero-order chi connectivity index (χ0) is 19.1. The molecule has 7 nitrogen and oxygen atoms in total. The number of esters is 1. The van der Waals surface area contributed by atoms with Gasteiger partial charge in [-0.05, 0) is 55.0 Å². The predicted molar refractivity (Wildman–Crippen MR) is 102 cm³/mol. The van der Waals surface area contributed by atoms with Gasteiger partial charge in [0.1, 0.15) is 5.75 Å². The lowest BCUT2D eigenvalue weighted by Crippen LogP contribution is -2.28. The van der Waals surface area contributed by atoms with Crippen LogP contribution in [-0.4, -0.2) is 24.4 Å². The number of rotatable bonds is 6. The summed E-state index contributed by atoms with van der Waals surface area (Å²) in [6.45, 7) is 4.16. The van der Waals surface area contributed by atoms with Crippen molar-refractivity contribution in [2.75, 3.05) is 11.4 Å². The van der Waals surface area contributed by atoms with Gasteiger partial charge in [-0.1, -0.05) is 6.92 Å². The highest BCUT2D eigenvalue weighted by atomic mass is 16.5. The first-order valence-electron chi connectivity index (χ1n) is 8.20. The van der Waals surface area contributed by atoms with E-state index >= 15 is 0 Å². The minimum Gasteiger partial charge on any atom is -0.423 e. The molecular formula is C19H22N4O3. The molecule has 0 unspecified atom stereocenters. The smallest absolute Gasteiger partial charge is 0.343 e. The number of hydrogen-bond donors (Lipinski definition) is 2. The summed E-state index contributed by atoms with van der Waals surface area (Å²) in [4.78, 5) is 29.5. The maximum Gasteiger partial charge on any atom is 0.343 e. The molecule has 7 heteroatoms. The van der Waals surface area contributed by atoms with Crippen LogP contribution >= 0.6 is 0 Å². The number of carbonyl (C=O) groups is 2. The van der Waals surface area contributed by atoms with Crippen LogP contribution in [0.15, 0.2) is 53.5 Å². The molecule has 0 heterocycles. The van der Waals surface area contributed by atoms with Gasteiger partial charge in [0, 0.05) is 19.2 Å². The number of hydrogen-bond acceptors (Lipinski definition) is 4. The highest BCUT2D eigenvalue weighted by Crippen LogP contribution is 2.21. The SMILES string of the molecule is CCCN(C(C)=O)c1ccc(OC(=O)c2ccc(N=C(N)N)cc2)cc1. The van der Waals surface area contributed by atoms with Gasteiger partial charge < -0.3 is 21.1 Å². The average Bonchev–Trinajstić information content (AvgIpc) is 2.60. The number of anilines is 1. The molecule has 0 aliphatic rings. The van der Waals surface area contributed by atoms with E-state index in [4.69, 9.17) is 16.2 Å². The average molecular weight is 354 g/mol. The maximum atomic E-state index is 12.2. The molecule has 0 aliphatic carbocycles. The van der Waals surface area contributed by atoms with E-state index in [9.17, 15) is 9.59 Å². The van der Waals surface area contributed by atoms with Crippen LogP contribution in [0.3, 0.4) is 0 Å². The van der Waals surface area contributed by atoms with E-state index in [1.165, 1.54) is 6.92 Å². The van der Waals surface area contributed by atoms with Crippen molar-refractivity contribution < 1.29 is 14.3 Å². The van der Waals surface area contributed by atoms with Crippen LogP contribution < -0.4 is 21.1 Å². The number of carbonyl (C=O) groups excluding carboxylic acids is 2. The van der Waals surface area contributed by atoms with Crippen molar-refractivity contribution in [3.05, 3.63) is 54.1 Å². The zero-order valence-electron chi connectivity index (χ0n) is 14.8. The summed E-state index contributed by atoms with van der Waals surface area (Å²) in [5.74, 6) is -0.182. The van der Waals surface area contributed by atoms with E-state index in [1.807, 2.05) is 6.92 Å². The van der Waals surface area contributed by atoms with Gasteiger partial charge in [-0.3, -0.25) is 4.79 Å². The van der Waals surface area contributed by atoms with Crippen molar-refractivity contribution in [1.82, 2.24) is 0 Å². The number of aliphatic imine (C=N–C) groups is 1. The molecule has 0 saturated carbocycles. The topological polar surface area (TPSA) is 111 Å². The quantitative estimate of drug-likeness (QED) is 0.358. The van der Waals surface area contributed by atoms with Crippen molar-refractivity contribution in [3.63, 3.8) is 0 Å². The fourth-order valence-corrected chi connectivity index (χ4v) is 2.37. The first-order valence-corrected chi connectivity index (χ1v) is 8.20. The molecule has 0 aliphatic heterocycles. The predicted octanol–water partition coefficient (Wildman–Crippen LogP) is 2.57. The number of guanidine groups is 1. The molecule has 4 N–H and O–H groups in total. The Bertz CT molecular complexity index is 795. The summed E-state index contributed by atoms with van der Waals surface area (Å²) >= 11 is 0. The van der Waals surface area contributed by atoms with E-state index in [1.54, 1.807) is 53.4 Å². The summed E-state index contributed by atoms with van der Waals surface area (Å²) < 4.78 is 5.35. The number of amides is 1. The lowest BCUT2D eigenvalue weighted by atomic mass is 10.2. The largest absolute Gasteiger partial charge is 0.423 e. The van der Waals surface area contributed by atoms with Gasteiger partial charge in [-0.2, -0.15) is 0 Å². The Balaban J connectivity index is 2.07. The van der Waals surface area contributed by atoms with Crippen LogP contribution in [0.1, 0.15) is 30.6 Å². The fraction of sp³-hybridized carbons (Fsp3) is 0.211. The van der Waals surface area contributed by atoms with Crippen molar-refractivity contribution in [1.29, 1.82) is 0 Å². The molecule has 0 atom stereocenters. The molecule has 136 valence electrons. The Morgan fingerprint density at radius 3 is 2.15 bits per heavy atom. The maximum absolute atomic E-state index is 12.2. The van der Waals surface area contributed by atoms with Crippen molar-refractivity contribution in [2.45, 2.75) is 20.3 Å². The molecule has 26 heavy (non-hydrogen) atoms. The molecule has 2 rings (SSSR count). The van der Waals surface area contributed by atoms with E-state index in [-0.39, 0.29) is 11.9 Å². The molecule has 0 fully saturated rings. The Hall–Kier alpha value is -3.35. The van der Waals surface area contributed by atoms with Gasteiger partial charge in [0.05, 0.1) is 11.3 Å². The molecule has 0 aromatic heterocycles. The molecule has 0 saturated heterocycles. The van der Waals surface area contributed by atoms with Crippen molar-refractivity contribution in [3.8, 4) is 5.75 Å². The molecule has 0 bridgehead atoms. The first-order chi connectivity index (χ1) is 12.4. The van der Waals surface area contributed by atoms with Crippen LogP contribution in [-0.2, 0) is 4.79 Å². The molecule has 2 aromatic carbocycles. The van der Waals surface area contributed by atoms with Crippen LogP contribution in [0, 0.1) is 0 Å². The van der Waals surface area contributed by atoms with Gasteiger partial charge >= 0.3 is 5.97 Å². The number of nitrogens with two attached hydrogens (primary N) is 2. The summed E-state index contributed by atoms with van der Waals surface area (Å²) in [6.07, 6.45) is 0.853. The van der Waals surface area contributed by atoms with E-state index in [0.717, 1.165) is 12.1 Å². The van der Waals surface area contributed by atoms with Crippen LogP contribution in [0.4, 0.5) is 11.4 Å². The Kier molecular flexibility index (Phi) is 6.32. The van der Waals surface area contributed by atoms with Crippen LogP contribution in [0.2, 0.25) is 0 Å². The number of ether oxygens (including phenoxy) is 1. The summed E-state index contributed by atoms with van der Waals surface area (Å²) in [6, 6.07) is 13.2. The van der Waals surface area contributed by atoms with Gasteiger partial charge in [0.25, 0.3) is 0 Å². The molecule has 0 spiro atoms. The standard InChI is InChI=1S/C19H22N4O3/c1-3-12-23(13(2)24)16-8-10-17(11-9-16)26-18(25)14-4-6-15(7-5-14)22-19(20)21/h4-11H,3,12H2,1-2H3,(H4,20,21,22). The van der Waals surface area contributed by atoms with E-state index in [0.29, 0.717) is 23.5 Å². The Morgan fingerprint density at radius 2 is 1.65 bits per heavy atom. The first kappa shape index (κ1) is 19.0. The summed E-state index contributed by atoms with van der Waals surface area (Å²) in [5.41, 5.74) is 12.3. The number of benzene rings is 2. The van der Waals surface area contributed by atoms with Gasteiger partial charge in [-0.15, -0.1) is 0 Å². The van der Waals surface area contributed by atoms with Crippen LogP contribution in [0.25, 0.3) is 0 Å². The molecule has 2 aromatic rings. The third kappa shape index (κ3) is 5.07.